The van der Waals surface area contributed by atoms with Crippen LogP contribution in [0.1, 0.15) is 22.6 Å². The Kier molecular flexibility index (Phi) is 5.05. The smallest absolute Gasteiger partial charge is 0.307 e. The minimum absolute atomic E-state index is 0.142. The fourth-order valence-electron chi connectivity index (χ4n) is 3.93. The zero-order valence-corrected chi connectivity index (χ0v) is 15.7. The molecule has 0 aromatic heterocycles. The van der Waals surface area contributed by atoms with E-state index in [4.69, 9.17) is 0 Å². The van der Waals surface area contributed by atoms with Crippen molar-refractivity contribution in [2.24, 2.45) is 4.99 Å². The van der Waals surface area contributed by atoms with Gasteiger partial charge in [0.25, 0.3) is 0 Å². The highest BCUT2D eigenvalue weighted by molar-refractivity contribution is 6.33. The molecule has 0 fully saturated rings. The van der Waals surface area contributed by atoms with E-state index >= 15 is 0 Å². The molecule has 2 N–H and O–H groups in total. The van der Waals surface area contributed by atoms with Gasteiger partial charge < -0.3 is 15.3 Å². The first-order valence-electron chi connectivity index (χ1n) is 9.07. The topological polar surface area (TPSA) is 99.1 Å². The van der Waals surface area contributed by atoms with Crippen molar-refractivity contribution in [3.8, 4) is 0 Å². The largest absolute Gasteiger partial charge is 0.481 e. The molecule has 4 rings (SSSR count). The zero-order chi connectivity index (χ0) is 22.3. The highest BCUT2D eigenvalue weighted by Crippen LogP contribution is 2.50. The number of rotatable bonds is 6. The maximum atomic E-state index is 14.3. The Hall–Kier alpha value is -3.95. The number of fused-ring (bicyclic) bond motifs is 3. The number of carbonyl (C=O) groups excluding carboxylic acids is 2. The summed E-state index contributed by atoms with van der Waals surface area (Å²) in [4.78, 5) is 40.5. The number of aliphatic carboxylic acids is 1. The molecule has 0 bridgehead atoms. The summed E-state index contributed by atoms with van der Waals surface area (Å²) in [5.41, 5.74) is 1.10. The van der Waals surface area contributed by atoms with Gasteiger partial charge in [-0.15, -0.1) is 0 Å². The fraction of sp³-hybridized carbons (Fsp3) is 0.143. The molecular weight excluding hydrogens is 415 g/mol. The second kappa shape index (κ2) is 7.71. The van der Waals surface area contributed by atoms with E-state index in [0.29, 0.717) is 29.4 Å². The van der Waals surface area contributed by atoms with Crippen LogP contribution in [-0.2, 0) is 27.3 Å². The van der Waals surface area contributed by atoms with E-state index in [0.717, 1.165) is 12.3 Å². The molecule has 0 radical (unpaired) electrons. The molecule has 0 aliphatic carbocycles. The molecule has 10 heteroatoms. The maximum absolute atomic E-state index is 14.3. The molecule has 1 amide bonds. The second-order valence-electron chi connectivity index (χ2n) is 6.98. The van der Waals surface area contributed by atoms with Crippen LogP contribution in [0, 0.1) is 17.5 Å². The number of nitrogens with one attached hydrogen (secondary N) is 1. The number of carbonyl (C=O) groups is 3. The predicted octanol–water partition coefficient (Wildman–Crippen LogP) is 2.90. The number of carboxylic acids is 1. The van der Waals surface area contributed by atoms with Crippen LogP contribution in [0.15, 0.2) is 41.2 Å². The van der Waals surface area contributed by atoms with Gasteiger partial charge in [0.1, 0.15) is 5.82 Å². The number of amides is 1. The standard InChI is InChI=1S/C21H14F3N3O4/c22-12-3-11(20(24)13(23)5-12)8-27-14-2-1-10(4-17(30)31)21(26-9-28)19(14)18-15(27)6-25-7-16(18)29/h1-3,5-7,9,18H,4,8H2,(H,26,28)(H,30,31). The number of allylic oxidation sites excluding steroid dienone is 1. The lowest BCUT2D eigenvalue weighted by Crippen LogP contribution is -2.25. The van der Waals surface area contributed by atoms with Gasteiger partial charge in [0.15, 0.2) is 17.4 Å². The molecule has 2 aromatic carbocycles. The van der Waals surface area contributed by atoms with Gasteiger partial charge in [0.2, 0.25) is 6.41 Å². The number of nitrogens with zero attached hydrogens (tertiary/aromatic N) is 2. The normalized spacial score (nSPS) is 16.6. The molecule has 0 saturated carbocycles. The van der Waals surface area contributed by atoms with Crippen molar-refractivity contribution >= 4 is 35.8 Å². The lowest BCUT2D eigenvalue weighted by atomic mass is 9.90. The van der Waals surface area contributed by atoms with Gasteiger partial charge in [0.05, 0.1) is 36.5 Å². The van der Waals surface area contributed by atoms with Crippen molar-refractivity contribution in [3.05, 3.63) is 70.3 Å². The Labute approximate surface area is 173 Å². The van der Waals surface area contributed by atoms with Crippen LogP contribution >= 0.6 is 0 Å². The van der Waals surface area contributed by atoms with Crippen molar-refractivity contribution in [2.45, 2.75) is 18.9 Å². The Morgan fingerprint density at radius 1 is 1.23 bits per heavy atom. The summed E-state index contributed by atoms with van der Waals surface area (Å²) in [6.45, 7) is -0.322. The average Bonchev–Trinajstić information content (AvgIpc) is 3.02. The number of aliphatic imine (C=N–C) groups is 1. The number of benzene rings is 2. The summed E-state index contributed by atoms with van der Waals surface area (Å²) in [7, 11) is 0. The Morgan fingerprint density at radius 2 is 2.00 bits per heavy atom. The molecule has 0 spiro atoms. The minimum Gasteiger partial charge on any atom is -0.481 e. The number of ketones is 1. The summed E-state index contributed by atoms with van der Waals surface area (Å²) in [6.07, 6.45) is 2.39. The Balaban J connectivity index is 1.90. The van der Waals surface area contributed by atoms with E-state index in [1.165, 1.54) is 23.2 Å². The zero-order valence-electron chi connectivity index (χ0n) is 15.7. The van der Waals surface area contributed by atoms with Gasteiger partial charge in [-0.05, 0) is 17.7 Å². The molecule has 158 valence electrons. The van der Waals surface area contributed by atoms with E-state index < -0.39 is 41.5 Å². The molecule has 31 heavy (non-hydrogen) atoms. The summed E-state index contributed by atoms with van der Waals surface area (Å²) < 4.78 is 41.7. The number of Topliss-reactive ketones (excluding diaryl/α,β-unsaturated/α-hetero) is 1. The number of halogens is 3. The number of hydrogen-bond acceptors (Lipinski definition) is 5. The van der Waals surface area contributed by atoms with Crippen LogP contribution in [0.25, 0.3) is 0 Å². The summed E-state index contributed by atoms with van der Waals surface area (Å²) >= 11 is 0. The van der Waals surface area contributed by atoms with E-state index in [1.54, 1.807) is 0 Å². The van der Waals surface area contributed by atoms with E-state index in [9.17, 15) is 32.7 Å². The summed E-state index contributed by atoms with van der Waals surface area (Å²) in [5, 5.41) is 11.6. The predicted molar refractivity (Wildman–Crippen MR) is 104 cm³/mol. The van der Waals surface area contributed by atoms with E-state index in [1.807, 2.05) is 0 Å². The van der Waals surface area contributed by atoms with Crippen molar-refractivity contribution in [1.29, 1.82) is 0 Å². The molecular formula is C21H14F3N3O4. The van der Waals surface area contributed by atoms with Crippen LogP contribution in [0.3, 0.4) is 0 Å². The number of carboxylic acid groups (broad SMARTS) is 1. The SMILES string of the molecule is O=CNc1c(CC(=O)O)ccc2c1C1C(=O)C=NC=C1N2Cc1cc(F)cc(F)c1F. The van der Waals surface area contributed by atoms with Gasteiger partial charge >= 0.3 is 5.97 Å². The molecule has 2 heterocycles. The lowest BCUT2D eigenvalue weighted by molar-refractivity contribution is -0.136. The second-order valence-corrected chi connectivity index (χ2v) is 6.98. The monoisotopic (exact) mass is 429 g/mol. The number of anilines is 2. The Morgan fingerprint density at radius 3 is 2.71 bits per heavy atom. The first-order valence-corrected chi connectivity index (χ1v) is 9.07. The maximum Gasteiger partial charge on any atom is 0.307 e. The van der Waals surface area contributed by atoms with Crippen molar-refractivity contribution in [1.82, 2.24) is 0 Å². The van der Waals surface area contributed by atoms with Crippen LogP contribution in [0.5, 0.6) is 0 Å². The number of hydrogen-bond donors (Lipinski definition) is 2. The third kappa shape index (κ3) is 3.45. The summed E-state index contributed by atoms with van der Waals surface area (Å²) in [6, 6.07) is 4.25. The molecule has 1 unspecified atom stereocenters. The van der Waals surface area contributed by atoms with Crippen LogP contribution in [-0.4, -0.2) is 29.5 Å². The van der Waals surface area contributed by atoms with Crippen LogP contribution < -0.4 is 10.2 Å². The lowest BCUT2D eigenvalue weighted by Gasteiger charge is -2.23. The Bertz CT molecular complexity index is 1190. The van der Waals surface area contributed by atoms with Crippen molar-refractivity contribution in [2.75, 3.05) is 10.2 Å². The highest BCUT2D eigenvalue weighted by Gasteiger charge is 2.42. The first kappa shape index (κ1) is 20.3. The van der Waals surface area contributed by atoms with Gasteiger partial charge in [-0.3, -0.25) is 19.4 Å². The highest BCUT2D eigenvalue weighted by atomic mass is 19.2. The van der Waals surface area contributed by atoms with Gasteiger partial charge in [-0.25, -0.2) is 13.2 Å². The molecule has 0 saturated heterocycles. The van der Waals surface area contributed by atoms with Crippen LogP contribution in [0.4, 0.5) is 24.5 Å². The fourth-order valence-corrected chi connectivity index (χ4v) is 3.93. The molecule has 2 aromatic rings. The third-order valence-corrected chi connectivity index (χ3v) is 5.13. The molecule has 7 nitrogen and oxygen atoms in total. The van der Waals surface area contributed by atoms with Gasteiger partial charge in [-0.1, -0.05) is 6.07 Å². The molecule has 2 aliphatic rings. The minimum atomic E-state index is -1.35. The summed E-state index contributed by atoms with van der Waals surface area (Å²) in [5.74, 6) is -6.06. The molecule has 1 atom stereocenters. The third-order valence-electron chi connectivity index (χ3n) is 5.13. The van der Waals surface area contributed by atoms with Crippen molar-refractivity contribution < 1.29 is 32.7 Å². The van der Waals surface area contributed by atoms with Crippen LogP contribution in [0.2, 0.25) is 0 Å². The van der Waals surface area contributed by atoms with E-state index in [2.05, 4.69) is 10.3 Å². The molecule has 2 aliphatic heterocycles. The van der Waals surface area contributed by atoms with Gasteiger partial charge in [-0.2, -0.15) is 0 Å². The van der Waals surface area contributed by atoms with Gasteiger partial charge in [0, 0.05) is 29.1 Å². The average molecular weight is 429 g/mol. The van der Waals surface area contributed by atoms with Crippen molar-refractivity contribution in [3.63, 3.8) is 0 Å². The quantitative estimate of drug-likeness (QED) is 0.544. The first-order chi connectivity index (χ1) is 14.8. The van der Waals surface area contributed by atoms with E-state index in [-0.39, 0.29) is 23.4 Å².